The lowest BCUT2D eigenvalue weighted by Crippen LogP contribution is -2.26. The van der Waals surface area contributed by atoms with Gasteiger partial charge in [-0.3, -0.25) is 4.79 Å². The van der Waals surface area contributed by atoms with Gasteiger partial charge < -0.3 is 5.11 Å². The summed E-state index contributed by atoms with van der Waals surface area (Å²) in [6, 6.07) is 5.17. The average molecular weight is 268 g/mol. The molecule has 94 valence electrons. The van der Waals surface area contributed by atoms with Gasteiger partial charge in [0.25, 0.3) is 0 Å². The van der Waals surface area contributed by atoms with Crippen molar-refractivity contribution in [2.45, 2.75) is 13.5 Å². The van der Waals surface area contributed by atoms with Gasteiger partial charge in [0.1, 0.15) is 12.9 Å². The third kappa shape index (κ3) is 2.28. The van der Waals surface area contributed by atoms with Crippen LogP contribution < -0.4 is 5.69 Å². The molecule has 0 fully saturated rings. The van der Waals surface area contributed by atoms with Crippen molar-refractivity contribution >= 4 is 17.6 Å². The molecule has 0 atom stereocenters. The zero-order chi connectivity index (χ0) is 13.3. The zero-order valence-electron chi connectivity index (χ0n) is 9.50. The summed E-state index contributed by atoms with van der Waals surface area (Å²) in [5.41, 5.74) is 0.864. The zero-order valence-corrected chi connectivity index (χ0v) is 10.3. The molecule has 2 aromatic rings. The molecule has 7 heteroatoms. The van der Waals surface area contributed by atoms with Gasteiger partial charge in [-0.2, -0.15) is 4.98 Å². The molecule has 2 rings (SSSR count). The molecule has 0 bridgehead atoms. The van der Waals surface area contributed by atoms with E-state index in [1.54, 1.807) is 18.2 Å². The Balaban J connectivity index is 2.53. The number of aliphatic carboxylic acids is 1. The van der Waals surface area contributed by atoms with Crippen molar-refractivity contribution in [1.82, 2.24) is 14.3 Å². The Bertz CT molecular complexity index is 660. The van der Waals surface area contributed by atoms with Crippen molar-refractivity contribution in [3.05, 3.63) is 45.6 Å². The number of halogens is 1. The van der Waals surface area contributed by atoms with E-state index in [9.17, 15) is 9.59 Å². The van der Waals surface area contributed by atoms with Crippen LogP contribution in [-0.4, -0.2) is 25.4 Å². The van der Waals surface area contributed by atoms with Gasteiger partial charge in [0, 0.05) is 5.02 Å². The van der Waals surface area contributed by atoms with Gasteiger partial charge in [0.2, 0.25) is 0 Å². The van der Waals surface area contributed by atoms with Crippen molar-refractivity contribution in [3.63, 3.8) is 0 Å². The second kappa shape index (κ2) is 4.66. The molecule has 0 aliphatic carbocycles. The minimum Gasteiger partial charge on any atom is -0.480 e. The lowest BCUT2D eigenvalue weighted by atomic mass is 10.2. The first-order valence-corrected chi connectivity index (χ1v) is 5.49. The van der Waals surface area contributed by atoms with E-state index in [0.29, 0.717) is 10.7 Å². The topological polar surface area (TPSA) is 77.1 Å². The van der Waals surface area contributed by atoms with Crippen molar-refractivity contribution in [2.75, 3.05) is 0 Å². The third-order valence-corrected chi connectivity index (χ3v) is 2.87. The summed E-state index contributed by atoms with van der Waals surface area (Å²) in [6.07, 6.45) is 1.27. The minimum absolute atomic E-state index is 0.454. The van der Waals surface area contributed by atoms with Gasteiger partial charge in [-0.15, -0.1) is 0 Å². The summed E-state index contributed by atoms with van der Waals surface area (Å²) in [7, 11) is 0. The molecule has 1 heterocycles. The molecule has 1 aromatic carbocycles. The monoisotopic (exact) mass is 267 g/mol. The molecule has 1 aromatic heterocycles. The number of carboxylic acid groups (broad SMARTS) is 1. The van der Waals surface area contributed by atoms with E-state index in [1.807, 2.05) is 6.92 Å². The standard InChI is InChI=1S/C11H10ClN3O3/c1-7-2-3-8(4-9(7)12)15-6-13-11(18)14(15)5-10(16)17/h2-4,6H,5H2,1H3,(H,16,17). The van der Waals surface area contributed by atoms with Crippen LogP contribution in [0.25, 0.3) is 5.69 Å². The third-order valence-electron chi connectivity index (χ3n) is 2.46. The molecular weight excluding hydrogens is 258 g/mol. The van der Waals surface area contributed by atoms with Crippen LogP contribution in [0.2, 0.25) is 5.02 Å². The number of aromatic nitrogens is 3. The fraction of sp³-hybridized carbons (Fsp3) is 0.182. The maximum absolute atomic E-state index is 11.4. The number of hydrogen-bond donors (Lipinski definition) is 1. The van der Waals surface area contributed by atoms with Crippen LogP contribution >= 0.6 is 11.6 Å². The molecule has 18 heavy (non-hydrogen) atoms. The number of carbonyl (C=O) groups is 1. The fourth-order valence-corrected chi connectivity index (χ4v) is 1.70. The molecule has 0 spiro atoms. The Morgan fingerprint density at radius 2 is 2.22 bits per heavy atom. The lowest BCUT2D eigenvalue weighted by Gasteiger charge is -2.09. The average Bonchev–Trinajstić information content (AvgIpc) is 2.64. The maximum atomic E-state index is 11.4. The molecule has 6 nitrogen and oxygen atoms in total. The predicted molar refractivity (Wildman–Crippen MR) is 65.2 cm³/mol. The molecular formula is C11H10ClN3O3. The van der Waals surface area contributed by atoms with Gasteiger partial charge in [-0.25, -0.2) is 14.2 Å². The quantitative estimate of drug-likeness (QED) is 0.903. The largest absolute Gasteiger partial charge is 0.480 e. The van der Waals surface area contributed by atoms with Crippen LogP contribution in [0.5, 0.6) is 0 Å². The van der Waals surface area contributed by atoms with E-state index in [4.69, 9.17) is 16.7 Å². The summed E-state index contributed by atoms with van der Waals surface area (Å²) in [5.74, 6) is -1.11. The summed E-state index contributed by atoms with van der Waals surface area (Å²) in [6.45, 7) is 1.40. The molecule has 0 radical (unpaired) electrons. The lowest BCUT2D eigenvalue weighted by molar-refractivity contribution is -0.138. The summed E-state index contributed by atoms with van der Waals surface area (Å²) >= 11 is 5.99. The van der Waals surface area contributed by atoms with Crippen molar-refractivity contribution in [3.8, 4) is 5.69 Å². The summed E-state index contributed by atoms with van der Waals surface area (Å²) < 4.78 is 2.38. The van der Waals surface area contributed by atoms with Crippen LogP contribution in [0.3, 0.4) is 0 Å². The van der Waals surface area contributed by atoms with E-state index in [-0.39, 0.29) is 0 Å². The van der Waals surface area contributed by atoms with E-state index in [1.165, 1.54) is 11.0 Å². The maximum Gasteiger partial charge on any atom is 0.364 e. The number of carboxylic acids is 1. The molecule has 0 aliphatic rings. The summed E-state index contributed by atoms with van der Waals surface area (Å²) in [4.78, 5) is 25.7. The van der Waals surface area contributed by atoms with E-state index in [0.717, 1.165) is 10.2 Å². The highest BCUT2D eigenvalue weighted by atomic mass is 35.5. The second-order valence-corrected chi connectivity index (χ2v) is 4.16. The minimum atomic E-state index is -1.11. The molecule has 0 unspecified atom stereocenters. The van der Waals surface area contributed by atoms with Gasteiger partial charge in [-0.05, 0) is 24.6 Å². The highest BCUT2D eigenvalue weighted by Crippen LogP contribution is 2.18. The number of benzene rings is 1. The number of nitrogens with zero attached hydrogens (tertiary/aromatic N) is 3. The molecule has 1 N–H and O–H groups in total. The normalized spacial score (nSPS) is 10.6. The van der Waals surface area contributed by atoms with Gasteiger partial charge in [0.05, 0.1) is 5.69 Å². The van der Waals surface area contributed by atoms with Crippen molar-refractivity contribution < 1.29 is 9.90 Å². The van der Waals surface area contributed by atoms with Crippen LogP contribution in [0, 0.1) is 6.92 Å². The SMILES string of the molecule is Cc1ccc(-n2cnc(=O)n2CC(=O)O)cc1Cl. The first-order valence-electron chi connectivity index (χ1n) is 5.12. The van der Waals surface area contributed by atoms with Crippen LogP contribution in [0.4, 0.5) is 0 Å². The van der Waals surface area contributed by atoms with Crippen LogP contribution in [0.1, 0.15) is 5.56 Å². The number of aryl methyl sites for hydroxylation is 1. The number of hydrogen-bond acceptors (Lipinski definition) is 3. The van der Waals surface area contributed by atoms with Crippen LogP contribution in [0.15, 0.2) is 29.3 Å². The van der Waals surface area contributed by atoms with Gasteiger partial charge in [0.15, 0.2) is 0 Å². The fourth-order valence-electron chi connectivity index (χ4n) is 1.53. The molecule has 0 aliphatic heterocycles. The van der Waals surface area contributed by atoms with Crippen LogP contribution in [-0.2, 0) is 11.3 Å². The number of rotatable bonds is 3. The van der Waals surface area contributed by atoms with E-state index in [2.05, 4.69) is 4.98 Å². The Morgan fingerprint density at radius 3 is 2.83 bits per heavy atom. The van der Waals surface area contributed by atoms with Gasteiger partial charge in [-0.1, -0.05) is 17.7 Å². The predicted octanol–water partition coefficient (Wildman–Crippen LogP) is 1.08. The Morgan fingerprint density at radius 1 is 1.50 bits per heavy atom. The molecule has 0 saturated carbocycles. The Kier molecular flexibility index (Phi) is 3.20. The molecule has 0 amide bonds. The Labute approximate surface area is 107 Å². The van der Waals surface area contributed by atoms with Crippen molar-refractivity contribution in [2.24, 2.45) is 0 Å². The van der Waals surface area contributed by atoms with E-state index >= 15 is 0 Å². The van der Waals surface area contributed by atoms with Crippen molar-refractivity contribution in [1.29, 1.82) is 0 Å². The molecule has 0 saturated heterocycles. The summed E-state index contributed by atoms with van der Waals surface area (Å²) in [5, 5.41) is 9.29. The first-order chi connectivity index (χ1) is 8.49. The van der Waals surface area contributed by atoms with E-state index < -0.39 is 18.2 Å². The first kappa shape index (κ1) is 12.4. The Hall–Kier alpha value is -2.08. The highest BCUT2D eigenvalue weighted by Gasteiger charge is 2.10. The smallest absolute Gasteiger partial charge is 0.364 e. The highest BCUT2D eigenvalue weighted by molar-refractivity contribution is 6.31. The van der Waals surface area contributed by atoms with Gasteiger partial charge >= 0.3 is 11.7 Å². The second-order valence-electron chi connectivity index (χ2n) is 3.76.